The van der Waals surface area contributed by atoms with E-state index in [9.17, 15) is 4.79 Å². The first-order valence-electron chi connectivity index (χ1n) is 9.52. The van der Waals surface area contributed by atoms with Gasteiger partial charge in [-0.2, -0.15) is 15.0 Å². The number of rotatable bonds is 6. The number of nitrogens with zero attached hydrogens (tertiary/aromatic N) is 4. The second-order valence-electron chi connectivity index (χ2n) is 6.74. The number of nitrogen functional groups attached to an aromatic ring is 1. The number of oxazole rings is 1. The Labute approximate surface area is 178 Å². The third-order valence-electron chi connectivity index (χ3n) is 4.43. The lowest BCUT2D eigenvalue weighted by molar-refractivity contribution is 0.0454. The summed E-state index contributed by atoms with van der Waals surface area (Å²) in [5, 5.41) is 3.09. The molecule has 156 valence electrons. The number of para-hydroxylation sites is 1. The number of aryl methyl sites for hydroxylation is 2. The first-order chi connectivity index (χ1) is 15.0. The molecule has 0 radical (unpaired) electrons. The molecule has 0 bridgehead atoms. The summed E-state index contributed by atoms with van der Waals surface area (Å²) in [6.07, 6.45) is 0. The minimum Gasteiger partial charge on any atom is -0.453 e. The summed E-state index contributed by atoms with van der Waals surface area (Å²) in [5.74, 6) is 0.551. The van der Waals surface area contributed by atoms with Gasteiger partial charge in [0.05, 0.1) is 0 Å². The van der Waals surface area contributed by atoms with Crippen molar-refractivity contribution in [2.24, 2.45) is 0 Å². The summed E-state index contributed by atoms with van der Waals surface area (Å²) < 4.78 is 10.9. The molecule has 2 aromatic heterocycles. The van der Waals surface area contributed by atoms with Crippen molar-refractivity contribution in [1.82, 2.24) is 19.9 Å². The van der Waals surface area contributed by atoms with Crippen molar-refractivity contribution in [1.29, 1.82) is 0 Å². The minimum atomic E-state index is -0.643. The molecule has 9 heteroatoms. The standard InChI is InChI=1S/C22H20N6O3/c1-13-8-6-7-11-16(13)24-22-26-17(25-21(23)28-22)12-30-20(29)18-14(2)31-19(27-18)15-9-4-3-5-10-15/h3-11H,12H2,1-2H3,(H3,23,24,25,26,28). The van der Waals surface area contributed by atoms with Crippen LogP contribution in [0.15, 0.2) is 59.0 Å². The van der Waals surface area contributed by atoms with Crippen LogP contribution < -0.4 is 11.1 Å². The number of nitrogens with two attached hydrogens (primary N) is 1. The van der Waals surface area contributed by atoms with Crippen LogP contribution in [0.3, 0.4) is 0 Å². The molecule has 0 unspecified atom stereocenters. The van der Waals surface area contributed by atoms with E-state index < -0.39 is 5.97 Å². The minimum absolute atomic E-state index is 0.0149. The number of hydrogen-bond donors (Lipinski definition) is 2. The van der Waals surface area contributed by atoms with Gasteiger partial charge in [-0.15, -0.1) is 0 Å². The van der Waals surface area contributed by atoms with Gasteiger partial charge in [0.25, 0.3) is 0 Å². The molecule has 2 aromatic carbocycles. The highest BCUT2D eigenvalue weighted by atomic mass is 16.5. The van der Waals surface area contributed by atoms with E-state index in [1.165, 1.54) is 0 Å². The Hall–Kier alpha value is -4.27. The Kier molecular flexibility index (Phi) is 5.57. The fourth-order valence-electron chi connectivity index (χ4n) is 2.88. The van der Waals surface area contributed by atoms with Gasteiger partial charge in [0.1, 0.15) is 5.76 Å². The van der Waals surface area contributed by atoms with Crippen molar-refractivity contribution in [3.8, 4) is 11.5 Å². The summed E-state index contributed by atoms with van der Waals surface area (Å²) in [5.41, 5.74) is 8.51. The third kappa shape index (κ3) is 4.67. The topological polar surface area (TPSA) is 129 Å². The average Bonchev–Trinajstić information content (AvgIpc) is 3.16. The second kappa shape index (κ2) is 8.62. The highest BCUT2D eigenvalue weighted by Gasteiger charge is 2.20. The molecule has 4 rings (SSSR count). The summed E-state index contributed by atoms with van der Waals surface area (Å²) in [4.78, 5) is 29.2. The van der Waals surface area contributed by atoms with Crippen LogP contribution >= 0.6 is 0 Å². The number of carbonyl (C=O) groups is 1. The van der Waals surface area contributed by atoms with Crippen molar-refractivity contribution >= 4 is 23.6 Å². The van der Waals surface area contributed by atoms with Crippen LogP contribution in [-0.2, 0) is 11.3 Å². The maximum Gasteiger partial charge on any atom is 0.361 e. The zero-order valence-corrected chi connectivity index (χ0v) is 17.0. The first kappa shape index (κ1) is 20.0. The van der Waals surface area contributed by atoms with Crippen molar-refractivity contribution in [3.63, 3.8) is 0 Å². The molecular weight excluding hydrogens is 396 g/mol. The van der Waals surface area contributed by atoms with Crippen LogP contribution in [0.25, 0.3) is 11.5 Å². The molecule has 0 fully saturated rings. The van der Waals surface area contributed by atoms with E-state index >= 15 is 0 Å². The Balaban J connectivity index is 1.47. The molecule has 0 aliphatic heterocycles. The number of aromatic nitrogens is 4. The Bertz CT molecular complexity index is 1220. The third-order valence-corrected chi connectivity index (χ3v) is 4.43. The molecule has 0 aliphatic rings. The number of benzene rings is 2. The second-order valence-corrected chi connectivity index (χ2v) is 6.74. The number of esters is 1. The molecule has 0 aliphatic carbocycles. The van der Waals surface area contributed by atoms with Crippen LogP contribution in [0.5, 0.6) is 0 Å². The van der Waals surface area contributed by atoms with Gasteiger partial charge in [0, 0.05) is 11.3 Å². The average molecular weight is 416 g/mol. The molecule has 0 saturated heterocycles. The van der Waals surface area contributed by atoms with Gasteiger partial charge >= 0.3 is 5.97 Å². The van der Waals surface area contributed by atoms with Crippen LogP contribution in [0.2, 0.25) is 0 Å². The maximum absolute atomic E-state index is 12.5. The largest absolute Gasteiger partial charge is 0.453 e. The van der Waals surface area contributed by atoms with Crippen LogP contribution in [0.1, 0.15) is 27.6 Å². The van der Waals surface area contributed by atoms with Crippen LogP contribution in [-0.4, -0.2) is 25.9 Å². The highest BCUT2D eigenvalue weighted by Crippen LogP contribution is 2.22. The predicted molar refractivity (Wildman–Crippen MR) is 114 cm³/mol. The van der Waals surface area contributed by atoms with E-state index in [0.717, 1.165) is 16.8 Å². The molecule has 3 N–H and O–H groups in total. The maximum atomic E-state index is 12.5. The van der Waals surface area contributed by atoms with Gasteiger partial charge in [-0.05, 0) is 37.6 Å². The summed E-state index contributed by atoms with van der Waals surface area (Å²) >= 11 is 0. The molecule has 4 aromatic rings. The first-order valence-corrected chi connectivity index (χ1v) is 9.52. The van der Waals surface area contributed by atoms with E-state index in [1.54, 1.807) is 6.92 Å². The van der Waals surface area contributed by atoms with Gasteiger partial charge in [0.15, 0.2) is 18.1 Å². The normalized spacial score (nSPS) is 10.6. The molecule has 0 spiro atoms. The quantitative estimate of drug-likeness (QED) is 0.450. The Morgan fingerprint density at radius 2 is 1.74 bits per heavy atom. The predicted octanol–water partition coefficient (Wildman–Crippen LogP) is 3.83. The van der Waals surface area contributed by atoms with Gasteiger partial charge in [-0.25, -0.2) is 9.78 Å². The summed E-state index contributed by atoms with van der Waals surface area (Å²) in [7, 11) is 0. The number of hydrogen-bond acceptors (Lipinski definition) is 9. The van der Waals surface area contributed by atoms with Gasteiger partial charge in [0.2, 0.25) is 17.8 Å². The molecule has 2 heterocycles. The number of anilines is 3. The fraction of sp³-hybridized carbons (Fsp3) is 0.136. The molecule has 9 nitrogen and oxygen atoms in total. The molecular formula is C22H20N6O3. The van der Waals surface area contributed by atoms with Gasteiger partial charge < -0.3 is 20.2 Å². The van der Waals surface area contributed by atoms with E-state index in [0.29, 0.717) is 11.7 Å². The zero-order chi connectivity index (χ0) is 21.8. The Morgan fingerprint density at radius 1 is 1.00 bits per heavy atom. The van der Waals surface area contributed by atoms with Crippen molar-refractivity contribution in [3.05, 3.63) is 77.4 Å². The monoisotopic (exact) mass is 416 g/mol. The number of carbonyl (C=O) groups excluding carboxylic acids is 1. The highest BCUT2D eigenvalue weighted by molar-refractivity contribution is 5.88. The van der Waals surface area contributed by atoms with Crippen molar-refractivity contribution in [2.75, 3.05) is 11.1 Å². The number of nitrogens with one attached hydrogen (secondary N) is 1. The zero-order valence-electron chi connectivity index (χ0n) is 17.0. The van der Waals surface area contributed by atoms with Crippen molar-refractivity contribution < 1.29 is 13.9 Å². The van der Waals surface area contributed by atoms with E-state index in [4.69, 9.17) is 14.9 Å². The molecule has 0 saturated carbocycles. The van der Waals surface area contributed by atoms with E-state index in [2.05, 4.69) is 25.3 Å². The Morgan fingerprint density at radius 3 is 2.52 bits per heavy atom. The molecule has 31 heavy (non-hydrogen) atoms. The van der Waals surface area contributed by atoms with Gasteiger partial charge in [-0.3, -0.25) is 0 Å². The molecule has 0 atom stereocenters. The smallest absolute Gasteiger partial charge is 0.361 e. The lowest BCUT2D eigenvalue weighted by atomic mass is 10.2. The lowest BCUT2D eigenvalue weighted by Crippen LogP contribution is -2.12. The SMILES string of the molecule is Cc1ccccc1Nc1nc(N)nc(COC(=O)c2nc(-c3ccccc3)oc2C)n1. The van der Waals surface area contributed by atoms with Gasteiger partial charge in [-0.1, -0.05) is 36.4 Å². The summed E-state index contributed by atoms with van der Waals surface area (Å²) in [6.45, 7) is 3.42. The van der Waals surface area contributed by atoms with E-state index in [-0.39, 0.29) is 30.0 Å². The van der Waals surface area contributed by atoms with E-state index in [1.807, 2.05) is 61.5 Å². The molecule has 0 amide bonds. The van der Waals surface area contributed by atoms with Crippen molar-refractivity contribution in [2.45, 2.75) is 20.5 Å². The van der Waals surface area contributed by atoms with Crippen LogP contribution in [0.4, 0.5) is 17.6 Å². The summed E-state index contributed by atoms with van der Waals surface area (Å²) in [6, 6.07) is 17.0. The van der Waals surface area contributed by atoms with Crippen LogP contribution in [0, 0.1) is 13.8 Å². The lowest BCUT2D eigenvalue weighted by Gasteiger charge is -2.09. The number of ether oxygens (including phenoxy) is 1. The fourth-order valence-corrected chi connectivity index (χ4v) is 2.88.